The van der Waals surface area contributed by atoms with Gasteiger partial charge in [0.15, 0.2) is 5.70 Å². The van der Waals surface area contributed by atoms with Gasteiger partial charge in [-0.25, -0.2) is 0 Å². The molecule has 0 amide bonds. The summed E-state index contributed by atoms with van der Waals surface area (Å²) in [6.45, 7) is 7.21. The van der Waals surface area contributed by atoms with Crippen LogP contribution in [0, 0.1) is 11.3 Å². The van der Waals surface area contributed by atoms with E-state index >= 15 is 0 Å². The maximum absolute atomic E-state index is 8.74. The summed E-state index contributed by atoms with van der Waals surface area (Å²) < 4.78 is 0. The number of allylic oxidation sites excluding steroid dienone is 1. The fourth-order valence-corrected chi connectivity index (χ4v) is 0.787. The monoisotopic (exact) mass is 212 g/mol. The summed E-state index contributed by atoms with van der Waals surface area (Å²) in [4.78, 5) is 1.63. The lowest BCUT2D eigenvalue weighted by atomic mass is 10.0. The molecule has 84 valence electrons. The van der Waals surface area contributed by atoms with Crippen LogP contribution in [-0.2, 0) is 0 Å². The predicted molar refractivity (Wildman–Crippen MR) is 54.5 cm³/mol. The lowest BCUT2D eigenvalue weighted by molar-refractivity contribution is 0.147. The van der Waals surface area contributed by atoms with Crippen molar-refractivity contribution in [3.05, 3.63) is 24.2 Å². The zero-order chi connectivity index (χ0) is 12.1. The SMILES string of the molecule is C=C(NO)C(C)(C)N(C)C=C(C#N)NO. The Labute approximate surface area is 89.0 Å². The van der Waals surface area contributed by atoms with Gasteiger partial charge < -0.3 is 4.90 Å². The Hall–Kier alpha value is -1.71. The van der Waals surface area contributed by atoms with Crippen LogP contribution >= 0.6 is 0 Å². The van der Waals surface area contributed by atoms with Crippen LogP contribution in [0.2, 0.25) is 0 Å². The standard InChI is InChI=1S/C9H16N4O2/c1-7(11-14)9(2,3)13(4)6-8(5-10)12-15/h6,11-12,14-15H,1H2,2-4H3. The van der Waals surface area contributed by atoms with E-state index in [0.29, 0.717) is 5.70 Å². The predicted octanol–water partition coefficient (Wildman–Crippen LogP) is 0.533. The van der Waals surface area contributed by atoms with Gasteiger partial charge in [0.25, 0.3) is 0 Å². The van der Waals surface area contributed by atoms with Crippen LogP contribution in [0.3, 0.4) is 0 Å². The number of hydroxylamine groups is 2. The van der Waals surface area contributed by atoms with E-state index in [1.807, 2.05) is 5.48 Å². The molecule has 0 saturated heterocycles. The number of hydrogen-bond donors (Lipinski definition) is 4. The first-order valence-electron chi connectivity index (χ1n) is 4.24. The Morgan fingerprint density at radius 2 is 2.00 bits per heavy atom. The largest absolute Gasteiger partial charge is 0.367 e. The molecule has 0 aromatic heterocycles. The topological polar surface area (TPSA) is 91.5 Å². The molecule has 0 aliphatic carbocycles. The highest BCUT2D eigenvalue weighted by Gasteiger charge is 2.25. The van der Waals surface area contributed by atoms with Crippen LogP contribution in [-0.4, -0.2) is 27.9 Å². The summed E-state index contributed by atoms with van der Waals surface area (Å²) in [6, 6.07) is 1.76. The summed E-state index contributed by atoms with van der Waals surface area (Å²) in [5.41, 5.74) is 3.49. The molecule has 0 heterocycles. The van der Waals surface area contributed by atoms with Crippen molar-refractivity contribution in [2.45, 2.75) is 19.4 Å². The highest BCUT2D eigenvalue weighted by Crippen LogP contribution is 2.19. The van der Waals surface area contributed by atoms with Gasteiger partial charge in [-0.15, -0.1) is 0 Å². The van der Waals surface area contributed by atoms with Crippen molar-refractivity contribution < 1.29 is 10.4 Å². The van der Waals surface area contributed by atoms with E-state index < -0.39 is 5.54 Å². The maximum atomic E-state index is 8.74. The number of nitriles is 1. The summed E-state index contributed by atoms with van der Waals surface area (Å²) in [7, 11) is 1.69. The first-order valence-corrected chi connectivity index (χ1v) is 4.24. The van der Waals surface area contributed by atoms with Gasteiger partial charge in [0.1, 0.15) is 6.07 Å². The summed E-state index contributed by atoms with van der Waals surface area (Å²) in [5, 5.41) is 25.9. The Morgan fingerprint density at radius 1 is 1.47 bits per heavy atom. The summed E-state index contributed by atoms with van der Waals surface area (Å²) in [6.07, 6.45) is 1.41. The van der Waals surface area contributed by atoms with Crippen LogP contribution in [0.15, 0.2) is 24.2 Å². The third kappa shape index (κ3) is 3.16. The lowest BCUT2D eigenvalue weighted by Gasteiger charge is -2.35. The molecule has 0 radical (unpaired) electrons. The molecular weight excluding hydrogens is 196 g/mol. The van der Waals surface area contributed by atoms with Crippen molar-refractivity contribution in [2.24, 2.45) is 0 Å². The minimum absolute atomic E-state index is 0.00341. The summed E-state index contributed by atoms with van der Waals surface area (Å²) >= 11 is 0. The van der Waals surface area contributed by atoms with Gasteiger partial charge in [-0.3, -0.25) is 21.4 Å². The third-order valence-corrected chi connectivity index (χ3v) is 2.32. The van der Waals surface area contributed by atoms with Gasteiger partial charge in [-0.2, -0.15) is 5.26 Å². The highest BCUT2D eigenvalue weighted by molar-refractivity contribution is 5.19. The van der Waals surface area contributed by atoms with Gasteiger partial charge in [0.05, 0.1) is 11.2 Å². The van der Waals surface area contributed by atoms with E-state index in [1.54, 1.807) is 37.3 Å². The normalized spacial score (nSPS) is 11.6. The molecule has 6 heteroatoms. The average Bonchev–Trinajstić information content (AvgIpc) is 2.23. The Kier molecular flexibility index (Phi) is 4.64. The first-order chi connectivity index (χ1) is 6.89. The van der Waals surface area contributed by atoms with E-state index in [9.17, 15) is 0 Å². The molecule has 0 spiro atoms. The fraction of sp³-hybridized carbons (Fsp3) is 0.444. The number of nitrogens with zero attached hydrogens (tertiary/aromatic N) is 2. The Morgan fingerprint density at radius 3 is 2.33 bits per heavy atom. The number of likely N-dealkylation sites (N-methyl/N-ethyl adjacent to an activating group) is 1. The molecule has 4 N–H and O–H groups in total. The lowest BCUT2D eigenvalue weighted by Crippen LogP contribution is -2.43. The highest BCUT2D eigenvalue weighted by atomic mass is 16.5. The second-order valence-electron chi connectivity index (χ2n) is 3.53. The quantitative estimate of drug-likeness (QED) is 0.392. The minimum Gasteiger partial charge on any atom is -0.367 e. The maximum Gasteiger partial charge on any atom is 0.153 e. The van der Waals surface area contributed by atoms with E-state index in [2.05, 4.69) is 6.58 Å². The molecule has 0 aliphatic rings. The van der Waals surface area contributed by atoms with Crippen molar-refractivity contribution in [2.75, 3.05) is 7.05 Å². The third-order valence-electron chi connectivity index (χ3n) is 2.32. The zero-order valence-electron chi connectivity index (χ0n) is 9.07. The Bertz CT molecular complexity index is 304. The minimum atomic E-state index is -0.603. The fourth-order valence-electron chi connectivity index (χ4n) is 0.787. The Balaban J connectivity index is 4.86. The molecule has 0 aromatic rings. The van der Waals surface area contributed by atoms with Crippen molar-refractivity contribution in [3.63, 3.8) is 0 Å². The molecule has 0 bridgehead atoms. The molecule has 0 aromatic carbocycles. The average molecular weight is 212 g/mol. The van der Waals surface area contributed by atoms with Crippen LogP contribution in [0.4, 0.5) is 0 Å². The molecule has 0 unspecified atom stereocenters. The van der Waals surface area contributed by atoms with Crippen molar-refractivity contribution >= 4 is 0 Å². The van der Waals surface area contributed by atoms with Gasteiger partial charge in [-0.05, 0) is 13.8 Å². The van der Waals surface area contributed by atoms with E-state index in [1.165, 1.54) is 6.20 Å². The van der Waals surface area contributed by atoms with Gasteiger partial charge >= 0.3 is 0 Å². The van der Waals surface area contributed by atoms with Crippen molar-refractivity contribution in [1.82, 2.24) is 15.9 Å². The number of hydrogen-bond acceptors (Lipinski definition) is 6. The zero-order valence-corrected chi connectivity index (χ0v) is 9.07. The van der Waals surface area contributed by atoms with Crippen LogP contribution < -0.4 is 11.0 Å². The van der Waals surface area contributed by atoms with Crippen molar-refractivity contribution in [1.29, 1.82) is 5.26 Å². The molecule has 0 atom stereocenters. The van der Waals surface area contributed by atoms with E-state index in [-0.39, 0.29) is 5.70 Å². The molecular formula is C9H16N4O2. The van der Waals surface area contributed by atoms with E-state index in [4.69, 9.17) is 15.7 Å². The van der Waals surface area contributed by atoms with Crippen LogP contribution in [0.25, 0.3) is 0 Å². The summed E-state index contributed by atoms with van der Waals surface area (Å²) in [5.74, 6) is 0. The molecule has 0 fully saturated rings. The second kappa shape index (κ2) is 5.24. The smallest absolute Gasteiger partial charge is 0.153 e. The molecule has 0 rings (SSSR count). The second-order valence-corrected chi connectivity index (χ2v) is 3.53. The first kappa shape index (κ1) is 13.3. The molecule has 0 saturated carbocycles. The van der Waals surface area contributed by atoms with Gasteiger partial charge in [0.2, 0.25) is 0 Å². The van der Waals surface area contributed by atoms with Crippen molar-refractivity contribution in [3.8, 4) is 6.07 Å². The molecule has 15 heavy (non-hydrogen) atoms. The van der Waals surface area contributed by atoms with Crippen LogP contribution in [0.5, 0.6) is 0 Å². The van der Waals surface area contributed by atoms with E-state index in [0.717, 1.165) is 0 Å². The molecule has 0 aliphatic heterocycles. The molecule has 6 nitrogen and oxygen atoms in total. The van der Waals surface area contributed by atoms with Crippen LogP contribution in [0.1, 0.15) is 13.8 Å². The van der Waals surface area contributed by atoms with Gasteiger partial charge in [-0.1, -0.05) is 6.58 Å². The number of nitrogens with one attached hydrogen (secondary N) is 2. The number of rotatable bonds is 5. The van der Waals surface area contributed by atoms with Gasteiger partial charge in [0, 0.05) is 13.2 Å².